The third kappa shape index (κ3) is 4.83. The number of amides is 1. The van der Waals surface area contributed by atoms with Crippen LogP contribution in [0.15, 0.2) is 36.5 Å². The molecule has 130 valence electrons. The van der Waals surface area contributed by atoms with Crippen molar-refractivity contribution in [2.24, 2.45) is 5.92 Å². The second-order valence-corrected chi connectivity index (χ2v) is 6.50. The number of carbonyl (C=O) groups is 1. The Labute approximate surface area is 143 Å². The molecule has 0 bridgehead atoms. The second kappa shape index (κ2) is 7.97. The van der Waals surface area contributed by atoms with Crippen molar-refractivity contribution < 1.29 is 9.90 Å². The number of rotatable bonds is 7. The Kier molecular flexibility index (Phi) is 5.98. The number of hydrogen-bond donors (Lipinski definition) is 2. The lowest BCUT2D eigenvalue weighted by molar-refractivity contribution is -0.118. The standard InChI is InChI=1S/C18H26N4O2/c1-13(2)16(23)11-18(24)20-17-9-10-19-22(17)12-14-5-7-15(8-6-14)21(3)4/h5-10,13,16,23H,11-12H2,1-4H3,(H,20,24). The van der Waals surface area contributed by atoms with Gasteiger partial charge in [-0.1, -0.05) is 26.0 Å². The van der Waals surface area contributed by atoms with Crippen LogP contribution >= 0.6 is 0 Å². The van der Waals surface area contributed by atoms with Crippen LogP contribution in [0.5, 0.6) is 0 Å². The molecular formula is C18H26N4O2. The van der Waals surface area contributed by atoms with Gasteiger partial charge in [0.25, 0.3) is 0 Å². The van der Waals surface area contributed by atoms with Gasteiger partial charge in [-0.25, -0.2) is 4.68 Å². The number of aromatic nitrogens is 2. The molecule has 0 saturated carbocycles. The monoisotopic (exact) mass is 330 g/mol. The van der Waals surface area contributed by atoms with Gasteiger partial charge in [0.1, 0.15) is 5.82 Å². The lowest BCUT2D eigenvalue weighted by atomic mass is 10.0. The largest absolute Gasteiger partial charge is 0.392 e. The Morgan fingerprint density at radius 3 is 2.50 bits per heavy atom. The van der Waals surface area contributed by atoms with Crippen molar-refractivity contribution in [1.82, 2.24) is 9.78 Å². The zero-order valence-corrected chi connectivity index (χ0v) is 14.7. The van der Waals surface area contributed by atoms with Crippen molar-refractivity contribution in [2.75, 3.05) is 24.3 Å². The van der Waals surface area contributed by atoms with Crippen molar-refractivity contribution in [3.63, 3.8) is 0 Å². The van der Waals surface area contributed by atoms with Gasteiger partial charge in [0.05, 0.1) is 25.3 Å². The van der Waals surface area contributed by atoms with Crippen LogP contribution in [-0.2, 0) is 11.3 Å². The summed E-state index contributed by atoms with van der Waals surface area (Å²) in [6.45, 7) is 4.35. The average molecular weight is 330 g/mol. The minimum Gasteiger partial charge on any atom is -0.392 e. The van der Waals surface area contributed by atoms with E-state index < -0.39 is 6.10 Å². The van der Waals surface area contributed by atoms with Crippen molar-refractivity contribution >= 4 is 17.4 Å². The van der Waals surface area contributed by atoms with Gasteiger partial charge in [-0.2, -0.15) is 5.10 Å². The number of nitrogens with zero attached hydrogens (tertiary/aromatic N) is 3. The number of aliphatic hydroxyl groups excluding tert-OH is 1. The molecule has 0 aliphatic rings. The molecule has 0 aliphatic heterocycles. The van der Waals surface area contributed by atoms with Gasteiger partial charge in [-0.05, 0) is 23.6 Å². The van der Waals surface area contributed by atoms with Crippen LogP contribution in [0.1, 0.15) is 25.8 Å². The Morgan fingerprint density at radius 2 is 1.92 bits per heavy atom. The molecule has 6 heteroatoms. The first-order chi connectivity index (χ1) is 11.4. The van der Waals surface area contributed by atoms with Gasteiger partial charge in [0, 0.05) is 25.8 Å². The van der Waals surface area contributed by atoms with E-state index in [-0.39, 0.29) is 18.2 Å². The summed E-state index contributed by atoms with van der Waals surface area (Å²) < 4.78 is 1.74. The van der Waals surface area contributed by atoms with E-state index in [2.05, 4.69) is 22.5 Å². The first-order valence-corrected chi connectivity index (χ1v) is 8.13. The van der Waals surface area contributed by atoms with E-state index in [9.17, 15) is 9.90 Å². The molecule has 1 aromatic heterocycles. The number of benzene rings is 1. The fourth-order valence-corrected chi connectivity index (χ4v) is 2.26. The van der Waals surface area contributed by atoms with Crippen LogP contribution in [0.25, 0.3) is 0 Å². The molecule has 6 nitrogen and oxygen atoms in total. The minimum atomic E-state index is -0.639. The van der Waals surface area contributed by atoms with Crippen LogP contribution in [0.3, 0.4) is 0 Å². The summed E-state index contributed by atoms with van der Waals surface area (Å²) in [6, 6.07) is 9.95. The van der Waals surface area contributed by atoms with E-state index in [1.807, 2.05) is 45.0 Å². The summed E-state index contributed by atoms with van der Waals surface area (Å²) in [6.07, 6.45) is 1.10. The van der Waals surface area contributed by atoms with Crippen molar-refractivity contribution in [3.8, 4) is 0 Å². The van der Waals surface area contributed by atoms with Gasteiger partial charge in [-0.3, -0.25) is 4.79 Å². The van der Waals surface area contributed by atoms with Crippen LogP contribution < -0.4 is 10.2 Å². The quantitative estimate of drug-likeness (QED) is 0.817. The van der Waals surface area contributed by atoms with Crippen molar-refractivity contribution in [3.05, 3.63) is 42.1 Å². The molecule has 0 aliphatic carbocycles. The Morgan fingerprint density at radius 1 is 1.25 bits per heavy atom. The van der Waals surface area contributed by atoms with E-state index >= 15 is 0 Å². The Hall–Kier alpha value is -2.34. The number of hydrogen-bond acceptors (Lipinski definition) is 4. The SMILES string of the molecule is CC(C)C(O)CC(=O)Nc1ccnn1Cc1ccc(N(C)C)cc1. The zero-order chi connectivity index (χ0) is 17.7. The summed E-state index contributed by atoms with van der Waals surface area (Å²) in [5.41, 5.74) is 2.23. The predicted octanol–water partition coefficient (Wildman–Crippen LogP) is 2.34. The van der Waals surface area contributed by atoms with Gasteiger partial charge >= 0.3 is 0 Å². The number of nitrogens with one attached hydrogen (secondary N) is 1. The molecule has 1 unspecified atom stereocenters. The van der Waals surface area contributed by atoms with Gasteiger partial charge in [-0.15, -0.1) is 0 Å². The molecule has 2 rings (SSSR count). The average Bonchev–Trinajstić information content (AvgIpc) is 2.94. The number of anilines is 2. The molecule has 24 heavy (non-hydrogen) atoms. The number of carbonyl (C=O) groups excluding carboxylic acids is 1. The van der Waals surface area contributed by atoms with Crippen molar-refractivity contribution in [2.45, 2.75) is 32.9 Å². The molecule has 1 amide bonds. The molecular weight excluding hydrogens is 304 g/mol. The summed E-state index contributed by atoms with van der Waals surface area (Å²) in [5.74, 6) is 0.476. The molecule has 0 radical (unpaired) electrons. The zero-order valence-electron chi connectivity index (χ0n) is 14.7. The Balaban J connectivity index is 2.01. The summed E-state index contributed by atoms with van der Waals surface area (Å²) in [7, 11) is 4.00. The van der Waals surface area contributed by atoms with E-state index in [0.717, 1.165) is 11.3 Å². The highest BCUT2D eigenvalue weighted by Crippen LogP contribution is 2.15. The maximum atomic E-state index is 12.0. The second-order valence-electron chi connectivity index (χ2n) is 6.50. The summed E-state index contributed by atoms with van der Waals surface area (Å²) >= 11 is 0. The topological polar surface area (TPSA) is 70.4 Å². The van der Waals surface area contributed by atoms with E-state index in [0.29, 0.717) is 12.4 Å². The fraction of sp³-hybridized carbons (Fsp3) is 0.444. The molecule has 0 spiro atoms. The van der Waals surface area contributed by atoms with Crippen molar-refractivity contribution in [1.29, 1.82) is 0 Å². The molecule has 1 heterocycles. The third-order valence-electron chi connectivity index (χ3n) is 3.93. The first-order valence-electron chi connectivity index (χ1n) is 8.13. The van der Waals surface area contributed by atoms with E-state index in [1.54, 1.807) is 16.9 Å². The first kappa shape index (κ1) is 18.0. The molecule has 2 N–H and O–H groups in total. The minimum absolute atomic E-state index is 0.0517. The maximum absolute atomic E-state index is 12.0. The molecule has 0 fully saturated rings. The van der Waals surface area contributed by atoms with E-state index in [1.165, 1.54) is 0 Å². The maximum Gasteiger partial charge on any atom is 0.228 e. The molecule has 0 saturated heterocycles. The van der Waals surface area contributed by atoms with Gasteiger partial charge < -0.3 is 15.3 Å². The van der Waals surface area contributed by atoms with E-state index in [4.69, 9.17) is 0 Å². The lowest BCUT2D eigenvalue weighted by Crippen LogP contribution is -2.24. The highest BCUT2D eigenvalue weighted by molar-refractivity contribution is 5.90. The third-order valence-corrected chi connectivity index (χ3v) is 3.93. The van der Waals surface area contributed by atoms with Gasteiger partial charge in [0.2, 0.25) is 5.91 Å². The van der Waals surface area contributed by atoms with Crippen LogP contribution in [0.2, 0.25) is 0 Å². The van der Waals surface area contributed by atoms with Gasteiger partial charge in [0.15, 0.2) is 0 Å². The normalized spacial score (nSPS) is 12.2. The summed E-state index contributed by atoms with van der Waals surface area (Å²) in [5, 5.41) is 16.9. The Bertz CT molecular complexity index is 662. The molecule has 1 atom stereocenters. The van der Waals surface area contributed by atoms with Crippen LogP contribution in [-0.4, -0.2) is 41.0 Å². The lowest BCUT2D eigenvalue weighted by Gasteiger charge is -2.15. The fourth-order valence-electron chi connectivity index (χ4n) is 2.26. The van der Waals surface area contributed by atoms with Crippen LogP contribution in [0.4, 0.5) is 11.5 Å². The number of aliphatic hydroxyl groups is 1. The molecule has 1 aromatic carbocycles. The highest BCUT2D eigenvalue weighted by atomic mass is 16.3. The molecule has 2 aromatic rings. The van der Waals surface area contributed by atoms with Crippen LogP contribution in [0, 0.1) is 5.92 Å². The smallest absolute Gasteiger partial charge is 0.228 e. The summed E-state index contributed by atoms with van der Waals surface area (Å²) in [4.78, 5) is 14.1. The highest BCUT2D eigenvalue weighted by Gasteiger charge is 2.15. The predicted molar refractivity (Wildman–Crippen MR) is 96.2 cm³/mol.